The molecule has 2 unspecified atom stereocenters. The Morgan fingerprint density at radius 1 is 0.737 bits per heavy atom. The molecular weight excluding hydrogens is 476 g/mol. The lowest BCUT2D eigenvalue weighted by Gasteiger charge is -2.31. The molecule has 0 aromatic heterocycles. The van der Waals surface area contributed by atoms with Gasteiger partial charge in [0, 0.05) is 0 Å². The largest absolute Gasteiger partial charge is 0.386 e. The quantitative estimate of drug-likeness (QED) is 0.236. The van der Waals surface area contributed by atoms with E-state index in [1.807, 2.05) is 0 Å². The highest BCUT2D eigenvalue weighted by atomic mass is 28.3. The van der Waals surface area contributed by atoms with E-state index in [2.05, 4.69) is 131 Å². The summed E-state index contributed by atoms with van der Waals surface area (Å²) in [6, 6.07) is 34.4. The Labute approximate surface area is 228 Å². The minimum atomic E-state index is -2.19. The van der Waals surface area contributed by atoms with Crippen molar-refractivity contribution in [3.05, 3.63) is 130 Å². The molecule has 2 aliphatic rings. The SMILES string of the molecule is CCC1=Cc2c(-c3ccccc3)cccc2C1[Si](=O)C1(C)C(CC)=C(C)c2c(-c3ccccc3)cccc21. The lowest BCUT2D eigenvalue weighted by Crippen LogP contribution is -2.39. The Bertz CT molecular complexity index is 1610. The van der Waals surface area contributed by atoms with Gasteiger partial charge in [-0.15, -0.1) is 0 Å². The van der Waals surface area contributed by atoms with Crippen molar-refractivity contribution in [1.82, 2.24) is 0 Å². The van der Waals surface area contributed by atoms with Crippen LogP contribution >= 0.6 is 0 Å². The Balaban J connectivity index is 1.52. The molecule has 0 fully saturated rings. The van der Waals surface area contributed by atoms with E-state index in [9.17, 15) is 0 Å². The maximum absolute atomic E-state index is 15.2. The number of rotatable bonds is 6. The predicted molar refractivity (Wildman–Crippen MR) is 161 cm³/mol. The van der Waals surface area contributed by atoms with Gasteiger partial charge in [0.25, 0.3) is 0 Å². The Morgan fingerprint density at radius 3 is 1.97 bits per heavy atom. The van der Waals surface area contributed by atoms with E-state index in [1.54, 1.807) is 0 Å². The molecule has 0 N–H and O–H groups in total. The van der Waals surface area contributed by atoms with Crippen LogP contribution in [0.15, 0.2) is 108 Å². The zero-order valence-electron chi connectivity index (χ0n) is 22.7. The summed E-state index contributed by atoms with van der Waals surface area (Å²) in [7, 11) is -2.19. The van der Waals surface area contributed by atoms with Crippen LogP contribution in [-0.4, -0.2) is 8.68 Å². The Hall–Kier alpha value is -3.62. The predicted octanol–water partition coefficient (Wildman–Crippen LogP) is 9.57. The standard InChI is InChI=1S/C36H34OSi/c1-5-25-23-31-28(26-15-9-7-10-16-26)19-13-21-30(31)35(25)38(37)36(4)32(6-2)24(3)34-29(20-14-22-33(34)36)27-17-11-8-12-18-27/h7-23,35H,5-6H2,1-4H3. The van der Waals surface area contributed by atoms with Crippen LogP contribution in [0.1, 0.15) is 68.3 Å². The van der Waals surface area contributed by atoms with E-state index in [-0.39, 0.29) is 5.54 Å². The fourth-order valence-electron chi connectivity index (χ4n) is 7.06. The lowest BCUT2D eigenvalue weighted by molar-refractivity contribution is 0.520. The number of hydrogen-bond acceptors (Lipinski definition) is 1. The highest BCUT2D eigenvalue weighted by Gasteiger charge is 2.51. The van der Waals surface area contributed by atoms with Gasteiger partial charge in [0.05, 0.1) is 10.6 Å². The monoisotopic (exact) mass is 510 g/mol. The van der Waals surface area contributed by atoms with Gasteiger partial charge < -0.3 is 4.46 Å². The maximum Gasteiger partial charge on any atom is 0.303 e. The molecule has 6 rings (SSSR count). The molecule has 0 amide bonds. The number of allylic oxidation sites excluding steroid dienone is 3. The van der Waals surface area contributed by atoms with E-state index in [1.165, 1.54) is 61.2 Å². The van der Waals surface area contributed by atoms with Crippen molar-refractivity contribution in [3.8, 4) is 22.3 Å². The first kappa shape index (κ1) is 24.7. The average Bonchev–Trinajstić information content (AvgIpc) is 3.46. The van der Waals surface area contributed by atoms with Crippen molar-refractivity contribution in [2.75, 3.05) is 0 Å². The molecule has 38 heavy (non-hydrogen) atoms. The summed E-state index contributed by atoms with van der Waals surface area (Å²) in [6.07, 6.45) is 4.14. The lowest BCUT2D eigenvalue weighted by atomic mass is 9.91. The highest BCUT2D eigenvalue weighted by Crippen LogP contribution is 2.54. The first-order valence-corrected chi connectivity index (χ1v) is 15.3. The molecular formula is C36H34OSi. The molecule has 0 heterocycles. The van der Waals surface area contributed by atoms with E-state index < -0.39 is 13.7 Å². The molecule has 1 nitrogen and oxygen atoms in total. The van der Waals surface area contributed by atoms with Crippen LogP contribution in [-0.2, 0) is 9.50 Å². The van der Waals surface area contributed by atoms with Gasteiger partial charge in [-0.3, -0.25) is 0 Å². The van der Waals surface area contributed by atoms with Crippen LogP contribution in [0.5, 0.6) is 0 Å². The van der Waals surface area contributed by atoms with Crippen molar-refractivity contribution in [2.24, 2.45) is 0 Å². The first-order valence-electron chi connectivity index (χ1n) is 13.8. The fourth-order valence-corrected chi connectivity index (χ4v) is 9.93. The third-order valence-corrected chi connectivity index (χ3v) is 11.6. The fraction of sp³-hybridized carbons (Fsp3) is 0.222. The summed E-state index contributed by atoms with van der Waals surface area (Å²) < 4.78 is 15.2. The summed E-state index contributed by atoms with van der Waals surface area (Å²) >= 11 is 0. The molecule has 4 aromatic rings. The van der Waals surface area contributed by atoms with Gasteiger partial charge >= 0.3 is 8.68 Å². The molecule has 0 spiro atoms. The van der Waals surface area contributed by atoms with Crippen LogP contribution in [0.2, 0.25) is 0 Å². The van der Waals surface area contributed by atoms with Crippen LogP contribution in [0.4, 0.5) is 0 Å². The summed E-state index contributed by atoms with van der Waals surface area (Å²) in [5.74, 6) is 0. The molecule has 4 aromatic carbocycles. The van der Waals surface area contributed by atoms with Gasteiger partial charge in [-0.25, -0.2) is 0 Å². The van der Waals surface area contributed by atoms with Crippen molar-refractivity contribution < 1.29 is 4.46 Å². The second-order valence-electron chi connectivity index (χ2n) is 10.7. The van der Waals surface area contributed by atoms with Crippen LogP contribution in [0, 0.1) is 0 Å². The smallest absolute Gasteiger partial charge is 0.303 e. The van der Waals surface area contributed by atoms with E-state index >= 15 is 4.46 Å². The number of benzene rings is 4. The first-order chi connectivity index (χ1) is 18.5. The zero-order valence-corrected chi connectivity index (χ0v) is 23.7. The second-order valence-corrected chi connectivity index (χ2v) is 13.0. The molecule has 2 aliphatic carbocycles. The van der Waals surface area contributed by atoms with Gasteiger partial charge in [-0.05, 0) is 76.8 Å². The number of fused-ring (bicyclic) bond motifs is 2. The molecule has 2 atom stereocenters. The third kappa shape index (κ3) is 3.58. The van der Waals surface area contributed by atoms with Gasteiger partial charge in [0.15, 0.2) is 0 Å². The zero-order chi connectivity index (χ0) is 26.4. The Morgan fingerprint density at radius 2 is 1.34 bits per heavy atom. The average molecular weight is 511 g/mol. The van der Waals surface area contributed by atoms with Gasteiger partial charge in [0.2, 0.25) is 0 Å². The minimum absolute atomic E-state index is 0.0469. The topological polar surface area (TPSA) is 17.1 Å². The van der Waals surface area contributed by atoms with Crippen molar-refractivity contribution >= 4 is 20.3 Å². The van der Waals surface area contributed by atoms with E-state index in [0.29, 0.717) is 0 Å². The van der Waals surface area contributed by atoms with Crippen molar-refractivity contribution in [2.45, 2.75) is 51.1 Å². The summed E-state index contributed by atoms with van der Waals surface area (Å²) in [6.45, 7) is 8.95. The molecule has 0 bridgehead atoms. The minimum Gasteiger partial charge on any atom is -0.386 e. The maximum atomic E-state index is 15.2. The summed E-state index contributed by atoms with van der Waals surface area (Å²) in [5.41, 5.74) is 13.8. The van der Waals surface area contributed by atoms with Gasteiger partial charge in [-0.1, -0.05) is 128 Å². The molecule has 2 heteroatoms. The third-order valence-electron chi connectivity index (χ3n) is 8.87. The highest BCUT2D eigenvalue weighted by molar-refractivity contribution is 6.52. The second kappa shape index (κ2) is 9.60. The van der Waals surface area contributed by atoms with Crippen LogP contribution < -0.4 is 0 Å². The number of hydrogen-bond donors (Lipinski definition) is 0. The van der Waals surface area contributed by atoms with Crippen molar-refractivity contribution in [3.63, 3.8) is 0 Å². The van der Waals surface area contributed by atoms with Crippen LogP contribution in [0.25, 0.3) is 33.9 Å². The molecule has 0 saturated carbocycles. The van der Waals surface area contributed by atoms with Gasteiger partial charge in [-0.2, -0.15) is 0 Å². The van der Waals surface area contributed by atoms with Crippen molar-refractivity contribution in [1.29, 1.82) is 0 Å². The molecule has 0 radical (unpaired) electrons. The van der Waals surface area contributed by atoms with Crippen LogP contribution in [0.3, 0.4) is 0 Å². The molecule has 188 valence electrons. The summed E-state index contributed by atoms with van der Waals surface area (Å²) in [4.78, 5) is 0. The summed E-state index contributed by atoms with van der Waals surface area (Å²) in [5, 5.41) is -0.479. The Kier molecular flexibility index (Phi) is 6.24. The van der Waals surface area contributed by atoms with E-state index in [0.717, 1.165) is 12.8 Å². The van der Waals surface area contributed by atoms with E-state index in [4.69, 9.17) is 0 Å². The molecule has 0 saturated heterocycles. The van der Waals surface area contributed by atoms with Gasteiger partial charge in [0.1, 0.15) is 0 Å². The normalized spacial score (nSPS) is 19.8. The molecule has 0 aliphatic heterocycles.